The average Bonchev–Trinajstić information content (AvgIpc) is 3.20. The number of alkyl halides is 3. The van der Waals surface area contributed by atoms with Crippen LogP contribution >= 0.6 is 11.8 Å². The number of carbonyl (C=O) groups is 1. The summed E-state index contributed by atoms with van der Waals surface area (Å²) < 4.78 is 51.4. The van der Waals surface area contributed by atoms with Gasteiger partial charge >= 0.3 is 6.18 Å². The van der Waals surface area contributed by atoms with Gasteiger partial charge in [0.05, 0.1) is 11.3 Å². The number of benzene rings is 2. The van der Waals surface area contributed by atoms with E-state index < -0.39 is 11.7 Å². The molecule has 2 aromatic carbocycles. The van der Waals surface area contributed by atoms with Crippen LogP contribution in [-0.2, 0) is 11.0 Å². The van der Waals surface area contributed by atoms with Gasteiger partial charge in [0.2, 0.25) is 5.91 Å². The number of hydrogen-bond donors (Lipinski definition) is 1. The lowest BCUT2D eigenvalue weighted by molar-refractivity contribution is -0.137. The summed E-state index contributed by atoms with van der Waals surface area (Å²) in [5, 5.41) is 3.17. The van der Waals surface area contributed by atoms with E-state index in [1.165, 1.54) is 16.8 Å². The zero-order valence-electron chi connectivity index (χ0n) is 15.5. The summed E-state index contributed by atoms with van der Waals surface area (Å²) in [6, 6.07) is 10.0. The van der Waals surface area contributed by atoms with E-state index in [0.29, 0.717) is 41.2 Å². The fourth-order valence-corrected chi connectivity index (χ4v) is 3.65. The number of ether oxygens (including phenoxy) is 2. The molecule has 1 N–H and O–H groups in total. The van der Waals surface area contributed by atoms with Crippen LogP contribution < -0.4 is 14.8 Å². The van der Waals surface area contributed by atoms with E-state index in [2.05, 4.69) is 10.3 Å². The number of nitrogens with zero attached hydrogens (tertiary/aromatic N) is 2. The molecule has 4 rings (SSSR count). The van der Waals surface area contributed by atoms with Crippen LogP contribution in [0.3, 0.4) is 0 Å². The highest BCUT2D eigenvalue weighted by atomic mass is 32.2. The third kappa shape index (κ3) is 4.54. The Bertz CT molecular complexity index is 1070. The lowest BCUT2D eigenvalue weighted by atomic mass is 10.2. The van der Waals surface area contributed by atoms with Gasteiger partial charge in [0, 0.05) is 29.8 Å². The van der Waals surface area contributed by atoms with Gasteiger partial charge < -0.3 is 14.8 Å². The van der Waals surface area contributed by atoms with Crippen LogP contribution in [0.25, 0.3) is 5.69 Å². The highest BCUT2D eigenvalue weighted by molar-refractivity contribution is 7.99. The second-order valence-electron chi connectivity index (χ2n) is 6.32. The second kappa shape index (κ2) is 8.31. The van der Waals surface area contributed by atoms with E-state index in [1.54, 1.807) is 30.5 Å². The molecule has 0 saturated heterocycles. The van der Waals surface area contributed by atoms with Crippen molar-refractivity contribution >= 4 is 23.4 Å². The minimum atomic E-state index is -4.44. The highest BCUT2D eigenvalue weighted by Crippen LogP contribution is 2.33. The number of halogens is 3. The molecule has 1 aliphatic heterocycles. The molecular weight excluding hydrogens is 419 g/mol. The summed E-state index contributed by atoms with van der Waals surface area (Å²) in [6.45, 7) is 0.923. The Labute approximate surface area is 174 Å². The summed E-state index contributed by atoms with van der Waals surface area (Å²) >= 11 is 1.12. The predicted octanol–water partition coefficient (Wildman–Crippen LogP) is 4.39. The van der Waals surface area contributed by atoms with Gasteiger partial charge in [0.25, 0.3) is 0 Å². The highest BCUT2D eigenvalue weighted by Gasteiger charge is 2.30. The molecule has 0 spiro atoms. The quantitative estimate of drug-likeness (QED) is 0.602. The second-order valence-corrected chi connectivity index (χ2v) is 7.27. The van der Waals surface area contributed by atoms with E-state index in [9.17, 15) is 18.0 Å². The first kappa shape index (κ1) is 20.1. The Kier molecular flexibility index (Phi) is 5.58. The third-order valence-corrected chi connectivity index (χ3v) is 5.18. The van der Waals surface area contributed by atoms with Crippen LogP contribution in [0.1, 0.15) is 5.56 Å². The van der Waals surface area contributed by atoms with Crippen molar-refractivity contribution in [3.05, 3.63) is 60.4 Å². The number of anilines is 1. The van der Waals surface area contributed by atoms with Crippen molar-refractivity contribution in [3.63, 3.8) is 0 Å². The van der Waals surface area contributed by atoms with Crippen LogP contribution in [0.15, 0.2) is 60.0 Å². The molecule has 0 atom stereocenters. The summed E-state index contributed by atoms with van der Waals surface area (Å²) in [5.74, 6) is 0.934. The number of hydrogen-bond acceptors (Lipinski definition) is 5. The maximum absolute atomic E-state index is 13.0. The fourth-order valence-electron chi connectivity index (χ4n) is 2.87. The molecule has 30 heavy (non-hydrogen) atoms. The van der Waals surface area contributed by atoms with Crippen molar-refractivity contribution in [3.8, 4) is 17.2 Å². The molecule has 3 aromatic rings. The van der Waals surface area contributed by atoms with Crippen LogP contribution in [0.2, 0.25) is 0 Å². The van der Waals surface area contributed by atoms with Gasteiger partial charge in [0.1, 0.15) is 13.2 Å². The molecule has 0 unspecified atom stereocenters. The number of rotatable bonds is 5. The number of carbonyl (C=O) groups excluding carboxylic acids is 1. The summed E-state index contributed by atoms with van der Waals surface area (Å²) in [5.41, 5.74) is 0.129. The number of thioether (sulfide) groups is 1. The first-order chi connectivity index (χ1) is 14.4. The molecule has 10 heteroatoms. The van der Waals surface area contributed by atoms with Crippen LogP contribution in [0.4, 0.5) is 18.9 Å². The van der Waals surface area contributed by atoms with Gasteiger partial charge in [-0.05, 0) is 30.3 Å². The average molecular weight is 435 g/mol. The summed E-state index contributed by atoms with van der Waals surface area (Å²) in [7, 11) is 0. The van der Waals surface area contributed by atoms with Crippen LogP contribution in [0, 0.1) is 0 Å². The van der Waals surface area contributed by atoms with E-state index in [-0.39, 0.29) is 11.7 Å². The number of amides is 1. The van der Waals surface area contributed by atoms with Gasteiger partial charge in [-0.1, -0.05) is 17.8 Å². The molecule has 0 bridgehead atoms. The summed E-state index contributed by atoms with van der Waals surface area (Å²) in [4.78, 5) is 16.5. The predicted molar refractivity (Wildman–Crippen MR) is 105 cm³/mol. The third-order valence-electron chi connectivity index (χ3n) is 4.22. The molecule has 1 aliphatic rings. The zero-order valence-corrected chi connectivity index (χ0v) is 16.3. The molecule has 0 aliphatic carbocycles. The van der Waals surface area contributed by atoms with E-state index in [4.69, 9.17) is 9.47 Å². The maximum atomic E-state index is 13.0. The SMILES string of the molecule is O=C(CSc1nccn1-c1cccc(C(F)(F)F)c1)Nc1ccc2c(c1)OCCO2. The Morgan fingerprint density at radius 2 is 1.93 bits per heavy atom. The first-order valence-electron chi connectivity index (χ1n) is 8.93. The molecule has 2 heterocycles. The summed E-state index contributed by atoms with van der Waals surface area (Å²) in [6.07, 6.45) is -1.41. The van der Waals surface area contributed by atoms with Gasteiger partial charge in [-0.2, -0.15) is 13.2 Å². The van der Waals surface area contributed by atoms with Crippen LogP contribution in [-0.4, -0.2) is 34.4 Å². The Morgan fingerprint density at radius 3 is 2.73 bits per heavy atom. The van der Waals surface area contributed by atoms with Gasteiger partial charge in [-0.25, -0.2) is 4.98 Å². The van der Waals surface area contributed by atoms with Gasteiger partial charge in [-0.15, -0.1) is 0 Å². The molecule has 6 nitrogen and oxygen atoms in total. The standard InChI is InChI=1S/C20H16F3N3O3S/c21-20(22,23)13-2-1-3-15(10-13)26-7-6-24-19(26)30-12-18(27)25-14-4-5-16-17(11-14)29-9-8-28-16/h1-7,10-11H,8-9,12H2,(H,25,27). The maximum Gasteiger partial charge on any atom is 0.416 e. The largest absolute Gasteiger partial charge is 0.486 e. The van der Waals surface area contributed by atoms with Gasteiger partial charge in [0.15, 0.2) is 16.7 Å². The van der Waals surface area contributed by atoms with E-state index >= 15 is 0 Å². The van der Waals surface area contributed by atoms with E-state index in [1.807, 2.05) is 0 Å². The molecule has 0 radical (unpaired) electrons. The smallest absolute Gasteiger partial charge is 0.416 e. The zero-order chi connectivity index (χ0) is 21.1. The first-order valence-corrected chi connectivity index (χ1v) is 9.92. The van der Waals surface area contributed by atoms with Gasteiger partial charge in [-0.3, -0.25) is 9.36 Å². The van der Waals surface area contributed by atoms with Crippen molar-refractivity contribution in [1.82, 2.24) is 9.55 Å². The monoisotopic (exact) mass is 435 g/mol. The van der Waals surface area contributed by atoms with Crippen LogP contribution in [0.5, 0.6) is 11.5 Å². The molecular formula is C20H16F3N3O3S. The minimum Gasteiger partial charge on any atom is -0.486 e. The normalized spacial score (nSPS) is 13.2. The van der Waals surface area contributed by atoms with Crippen molar-refractivity contribution in [2.24, 2.45) is 0 Å². The number of fused-ring (bicyclic) bond motifs is 1. The van der Waals surface area contributed by atoms with Crippen molar-refractivity contribution in [2.75, 3.05) is 24.3 Å². The molecule has 1 amide bonds. The number of nitrogens with one attached hydrogen (secondary N) is 1. The fraction of sp³-hybridized carbons (Fsp3) is 0.200. The van der Waals surface area contributed by atoms with E-state index in [0.717, 1.165) is 23.9 Å². The minimum absolute atomic E-state index is 0.0322. The Hall–Kier alpha value is -3.14. The lowest BCUT2D eigenvalue weighted by Crippen LogP contribution is -2.17. The van der Waals surface area contributed by atoms with Crippen molar-refractivity contribution < 1.29 is 27.4 Å². The Morgan fingerprint density at radius 1 is 1.13 bits per heavy atom. The topological polar surface area (TPSA) is 65.4 Å². The van der Waals surface area contributed by atoms with Crippen molar-refractivity contribution in [2.45, 2.75) is 11.3 Å². The number of aromatic nitrogens is 2. The molecule has 156 valence electrons. The Balaban J connectivity index is 1.42. The van der Waals surface area contributed by atoms with Crippen molar-refractivity contribution in [1.29, 1.82) is 0 Å². The molecule has 0 fully saturated rings. The number of imidazole rings is 1. The lowest BCUT2D eigenvalue weighted by Gasteiger charge is -2.19. The molecule has 1 aromatic heterocycles. The molecule has 0 saturated carbocycles.